The lowest BCUT2D eigenvalue weighted by atomic mass is 10.1. The van der Waals surface area contributed by atoms with E-state index < -0.39 is 22.2 Å². The molecule has 8 nitrogen and oxygen atoms in total. The van der Waals surface area contributed by atoms with Crippen LogP contribution >= 0.6 is 0 Å². The molecule has 0 unspecified atom stereocenters. The van der Waals surface area contributed by atoms with Gasteiger partial charge < -0.3 is 18.6 Å². The number of nitrogens with zero attached hydrogens (tertiary/aromatic N) is 1. The number of amides is 1. The van der Waals surface area contributed by atoms with Gasteiger partial charge in [-0.15, -0.1) is 0 Å². The second kappa shape index (κ2) is 14.3. The third-order valence-electron chi connectivity index (χ3n) is 5.58. The van der Waals surface area contributed by atoms with Crippen LogP contribution in [0.15, 0.2) is 84.9 Å². The van der Waals surface area contributed by atoms with Gasteiger partial charge in [0.1, 0.15) is 5.75 Å². The lowest BCUT2D eigenvalue weighted by molar-refractivity contribution is -0.156. The van der Waals surface area contributed by atoms with E-state index in [-0.39, 0.29) is 18.3 Å². The Balaban J connectivity index is 1.79. The molecule has 0 spiro atoms. The number of ether oxygens (including phenoxy) is 2. The lowest BCUT2D eigenvalue weighted by Crippen LogP contribution is -2.31. The Kier molecular flexibility index (Phi) is 10.8. The van der Waals surface area contributed by atoms with Crippen LogP contribution in [0.1, 0.15) is 35.3 Å². The third kappa shape index (κ3) is 9.38. The summed E-state index contributed by atoms with van der Waals surface area (Å²) in [5.74, 6) is -0.334. The summed E-state index contributed by atoms with van der Waals surface area (Å²) in [7, 11) is -3.60. The molecule has 206 valence electrons. The Hall–Kier alpha value is -3.95. The smallest absolute Gasteiger partial charge is 0.335 e. The van der Waals surface area contributed by atoms with Gasteiger partial charge in [-0.2, -0.15) is 8.42 Å². The molecule has 0 bridgehead atoms. The van der Waals surface area contributed by atoms with E-state index >= 15 is 0 Å². The zero-order valence-electron chi connectivity index (χ0n) is 22.3. The Bertz CT molecular complexity index is 1350. The quantitative estimate of drug-likeness (QED) is 0.220. The number of anilines is 1. The van der Waals surface area contributed by atoms with E-state index in [4.69, 9.17) is 13.7 Å². The summed E-state index contributed by atoms with van der Waals surface area (Å²) >= 11 is 0. The van der Waals surface area contributed by atoms with Crippen molar-refractivity contribution in [2.45, 2.75) is 26.4 Å². The van der Waals surface area contributed by atoms with Gasteiger partial charge >= 0.3 is 16.1 Å². The van der Waals surface area contributed by atoms with Crippen molar-refractivity contribution < 1.29 is 31.7 Å². The van der Waals surface area contributed by atoms with Gasteiger partial charge in [0.15, 0.2) is 6.10 Å². The van der Waals surface area contributed by atoms with Crippen LogP contribution in [-0.4, -0.2) is 52.4 Å². The maximum Gasteiger partial charge on any atom is 0.335 e. The number of carbonyl (C=O) groups excluding carboxylic acids is 2. The molecule has 3 rings (SSSR count). The van der Waals surface area contributed by atoms with Crippen molar-refractivity contribution in [2.75, 3.05) is 30.9 Å². The SMILES string of the molecule is CCOC(=O)[C@H](Cc1ccc(N(CC=Cc2ccc(OS(C)(=O)=O)cc2)C(=O)c2ccccc2)cc1)OCC. The minimum Gasteiger partial charge on any atom is -0.464 e. The Morgan fingerprint density at radius 1 is 0.897 bits per heavy atom. The van der Waals surface area contributed by atoms with E-state index in [9.17, 15) is 18.0 Å². The molecular weight excluding hydrogens is 518 g/mol. The summed E-state index contributed by atoms with van der Waals surface area (Å²) < 4.78 is 38.2. The number of rotatable bonds is 13. The Labute approximate surface area is 229 Å². The van der Waals surface area contributed by atoms with Gasteiger partial charge in [0.2, 0.25) is 0 Å². The lowest BCUT2D eigenvalue weighted by Gasteiger charge is -2.22. The van der Waals surface area contributed by atoms with Gasteiger partial charge in [-0.25, -0.2) is 4.79 Å². The van der Waals surface area contributed by atoms with Crippen LogP contribution < -0.4 is 9.08 Å². The van der Waals surface area contributed by atoms with Crippen LogP contribution in [0.2, 0.25) is 0 Å². The first-order chi connectivity index (χ1) is 18.7. The van der Waals surface area contributed by atoms with E-state index in [1.165, 1.54) is 0 Å². The normalized spacial score (nSPS) is 12.2. The van der Waals surface area contributed by atoms with Crippen LogP contribution in [0, 0.1) is 0 Å². The van der Waals surface area contributed by atoms with Crippen LogP contribution in [0.4, 0.5) is 5.69 Å². The van der Waals surface area contributed by atoms with Crippen molar-refractivity contribution in [2.24, 2.45) is 0 Å². The molecule has 0 N–H and O–H groups in total. The molecule has 0 aromatic heterocycles. The molecule has 0 saturated carbocycles. The van der Waals surface area contributed by atoms with E-state index in [0.717, 1.165) is 17.4 Å². The van der Waals surface area contributed by atoms with E-state index in [0.29, 0.717) is 30.8 Å². The van der Waals surface area contributed by atoms with Gasteiger partial charge in [0.25, 0.3) is 5.91 Å². The molecule has 9 heteroatoms. The fourth-order valence-electron chi connectivity index (χ4n) is 3.82. The Morgan fingerprint density at radius 3 is 2.15 bits per heavy atom. The fourth-order valence-corrected chi connectivity index (χ4v) is 4.28. The first-order valence-electron chi connectivity index (χ1n) is 12.6. The molecule has 0 radical (unpaired) electrons. The summed E-state index contributed by atoms with van der Waals surface area (Å²) in [6.07, 6.45) is 4.35. The fraction of sp³-hybridized carbons (Fsp3) is 0.267. The first-order valence-corrected chi connectivity index (χ1v) is 14.4. The first kappa shape index (κ1) is 29.6. The van der Waals surface area contributed by atoms with Crippen molar-refractivity contribution >= 4 is 33.8 Å². The monoisotopic (exact) mass is 551 g/mol. The molecule has 3 aromatic carbocycles. The number of hydrogen-bond donors (Lipinski definition) is 0. The van der Waals surface area contributed by atoms with Crippen molar-refractivity contribution in [1.82, 2.24) is 0 Å². The van der Waals surface area contributed by atoms with Gasteiger partial charge in [0, 0.05) is 30.8 Å². The van der Waals surface area contributed by atoms with Crippen LogP contribution in [0.5, 0.6) is 5.75 Å². The standard InChI is InChI=1S/C30H33NO7S/c1-4-36-28(30(33)37-5-2)22-24-13-17-26(18-14-24)31(29(32)25-11-7-6-8-12-25)21-9-10-23-15-19-27(20-16-23)38-39(3,34)35/h6-20,28H,4-5,21-22H2,1-3H3/t28-/m0/s1. The number of benzene rings is 3. The Morgan fingerprint density at radius 2 is 1.56 bits per heavy atom. The molecule has 0 saturated heterocycles. The minimum atomic E-state index is -3.60. The van der Waals surface area contributed by atoms with Crippen LogP contribution in [0.3, 0.4) is 0 Å². The van der Waals surface area contributed by atoms with E-state index in [2.05, 4.69) is 0 Å². The predicted octanol–water partition coefficient (Wildman–Crippen LogP) is 4.90. The molecule has 1 atom stereocenters. The molecule has 0 aliphatic carbocycles. The van der Waals surface area contributed by atoms with Crippen molar-refractivity contribution in [3.63, 3.8) is 0 Å². The summed E-state index contributed by atoms with van der Waals surface area (Å²) in [5, 5.41) is 0. The number of hydrogen-bond acceptors (Lipinski definition) is 7. The largest absolute Gasteiger partial charge is 0.464 e. The minimum absolute atomic E-state index is 0.163. The van der Waals surface area contributed by atoms with Gasteiger partial charge in [0.05, 0.1) is 12.9 Å². The zero-order valence-corrected chi connectivity index (χ0v) is 23.1. The second-order valence-electron chi connectivity index (χ2n) is 8.61. The molecule has 3 aromatic rings. The summed E-state index contributed by atoms with van der Waals surface area (Å²) in [5.41, 5.74) is 2.94. The maximum atomic E-state index is 13.4. The van der Waals surface area contributed by atoms with Crippen LogP contribution in [0.25, 0.3) is 6.08 Å². The summed E-state index contributed by atoms with van der Waals surface area (Å²) in [6, 6.07) is 23.0. The molecule has 1 amide bonds. The maximum absolute atomic E-state index is 13.4. The highest BCUT2D eigenvalue weighted by Crippen LogP contribution is 2.21. The van der Waals surface area contributed by atoms with Gasteiger partial charge in [-0.1, -0.05) is 54.6 Å². The van der Waals surface area contributed by atoms with Gasteiger partial charge in [-0.3, -0.25) is 4.79 Å². The van der Waals surface area contributed by atoms with Crippen molar-refractivity contribution in [3.8, 4) is 5.75 Å². The van der Waals surface area contributed by atoms with Crippen LogP contribution in [-0.2, 0) is 30.8 Å². The van der Waals surface area contributed by atoms with Gasteiger partial charge in [-0.05, 0) is 61.4 Å². The summed E-state index contributed by atoms with van der Waals surface area (Å²) in [6.45, 7) is 4.54. The topological polar surface area (TPSA) is 99.2 Å². The van der Waals surface area contributed by atoms with E-state index in [1.54, 1.807) is 48.2 Å². The molecule has 39 heavy (non-hydrogen) atoms. The molecule has 0 fully saturated rings. The molecule has 0 aliphatic heterocycles. The predicted molar refractivity (Wildman–Crippen MR) is 151 cm³/mol. The number of carbonyl (C=O) groups is 2. The highest BCUT2D eigenvalue weighted by Gasteiger charge is 2.21. The van der Waals surface area contributed by atoms with Crippen molar-refractivity contribution in [1.29, 1.82) is 0 Å². The third-order valence-corrected chi connectivity index (χ3v) is 6.07. The highest BCUT2D eigenvalue weighted by atomic mass is 32.2. The average molecular weight is 552 g/mol. The highest BCUT2D eigenvalue weighted by molar-refractivity contribution is 7.86. The molecule has 0 heterocycles. The molecule has 0 aliphatic rings. The molecular formula is C30H33NO7S. The second-order valence-corrected chi connectivity index (χ2v) is 10.2. The number of esters is 1. The average Bonchev–Trinajstić information content (AvgIpc) is 2.92. The van der Waals surface area contributed by atoms with Crippen molar-refractivity contribution in [3.05, 3.63) is 102 Å². The summed E-state index contributed by atoms with van der Waals surface area (Å²) in [4.78, 5) is 27.3. The zero-order chi connectivity index (χ0) is 28.3. The van der Waals surface area contributed by atoms with E-state index in [1.807, 2.05) is 61.5 Å².